The number of fused-ring (bicyclic) bond motifs is 1. The second-order valence-corrected chi connectivity index (χ2v) is 6.05. The van der Waals surface area contributed by atoms with Gasteiger partial charge in [-0.3, -0.25) is 4.79 Å². The number of aliphatic hydroxyl groups is 1. The molecule has 3 aromatic rings. The Kier molecular flexibility index (Phi) is 3.74. The smallest absolute Gasteiger partial charge is 0.267 e. The second kappa shape index (κ2) is 5.59. The third-order valence-corrected chi connectivity index (χ3v) is 3.99. The number of hydrogen-bond acceptors (Lipinski definition) is 3. The summed E-state index contributed by atoms with van der Waals surface area (Å²) in [6.07, 6.45) is 0. The van der Waals surface area contributed by atoms with E-state index in [9.17, 15) is 9.90 Å². The highest BCUT2D eigenvalue weighted by molar-refractivity contribution is 5.98. The predicted molar refractivity (Wildman–Crippen MR) is 88.4 cm³/mol. The molecule has 0 fully saturated rings. The number of para-hydroxylation sites is 1. The van der Waals surface area contributed by atoms with E-state index in [0.29, 0.717) is 17.0 Å². The highest BCUT2D eigenvalue weighted by atomic mass is 16.3. The third-order valence-electron chi connectivity index (χ3n) is 3.99. The maximum absolute atomic E-state index is 12.3. The van der Waals surface area contributed by atoms with Crippen LogP contribution >= 0.6 is 0 Å². The lowest BCUT2D eigenvalue weighted by molar-refractivity contribution is 0.0513. The Morgan fingerprint density at radius 2 is 2.04 bits per heavy atom. The first kappa shape index (κ1) is 15.4. The van der Waals surface area contributed by atoms with Crippen molar-refractivity contribution in [2.75, 3.05) is 6.54 Å². The molecule has 3 N–H and O–H groups in total. The number of furan rings is 1. The zero-order valence-electron chi connectivity index (χ0n) is 13.4. The highest BCUT2D eigenvalue weighted by Crippen LogP contribution is 2.26. The molecular formula is C18H20N2O3. The van der Waals surface area contributed by atoms with Crippen LogP contribution < -0.4 is 5.32 Å². The Morgan fingerprint density at radius 3 is 2.70 bits per heavy atom. The summed E-state index contributed by atoms with van der Waals surface area (Å²) in [4.78, 5) is 15.4. The molecule has 1 atom stereocenters. The average molecular weight is 312 g/mol. The summed E-state index contributed by atoms with van der Waals surface area (Å²) < 4.78 is 5.45. The predicted octanol–water partition coefficient (Wildman–Crippen LogP) is 3.02. The Labute approximate surface area is 134 Å². The SMILES string of the molecule is Cc1cc([C@](C)(O)CNC(=O)c2cc3ccccc3[nH]2)c(C)o1. The van der Waals surface area contributed by atoms with Crippen LogP contribution in [-0.4, -0.2) is 22.5 Å². The van der Waals surface area contributed by atoms with Gasteiger partial charge in [0.25, 0.3) is 5.91 Å². The van der Waals surface area contributed by atoms with Gasteiger partial charge in [-0.05, 0) is 39.0 Å². The molecule has 5 nitrogen and oxygen atoms in total. The molecule has 5 heteroatoms. The zero-order valence-corrected chi connectivity index (χ0v) is 13.4. The molecule has 0 aliphatic heterocycles. The fourth-order valence-electron chi connectivity index (χ4n) is 2.80. The Balaban J connectivity index is 1.74. The van der Waals surface area contributed by atoms with Gasteiger partial charge in [0, 0.05) is 16.5 Å². The van der Waals surface area contributed by atoms with Gasteiger partial charge in [-0.1, -0.05) is 18.2 Å². The van der Waals surface area contributed by atoms with Crippen molar-refractivity contribution in [3.63, 3.8) is 0 Å². The first-order valence-corrected chi connectivity index (χ1v) is 7.53. The normalized spacial score (nSPS) is 13.9. The van der Waals surface area contributed by atoms with Crippen LogP contribution in [0.4, 0.5) is 0 Å². The zero-order chi connectivity index (χ0) is 16.6. The van der Waals surface area contributed by atoms with Crippen molar-refractivity contribution in [2.24, 2.45) is 0 Å². The molecular weight excluding hydrogens is 292 g/mol. The Morgan fingerprint density at radius 1 is 1.30 bits per heavy atom. The molecule has 0 spiro atoms. The number of amides is 1. The van der Waals surface area contributed by atoms with Gasteiger partial charge < -0.3 is 19.8 Å². The van der Waals surface area contributed by atoms with Gasteiger partial charge in [0.15, 0.2) is 0 Å². The lowest BCUT2D eigenvalue weighted by Crippen LogP contribution is -2.38. The molecule has 0 unspecified atom stereocenters. The number of H-pyrrole nitrogens is 1. The molecule has 0 aliphatic rings. The van der Waals surface area contributed by atoms with Crippen molar-refractivity contribution in [3.05, 3.63) is 59.2 Å². The number of carbonyl (C=O) groups is 1. The summed E-state index contributed by atoms with van der Waals surface area (Å²) in [6.45, 7) is 5.39. The van der Waals surface area contributed by atoms with Crippen molar-refractivity contribution in [3.8, 4) is 0 Å². The number of aryl methyl sites for hydroxylation is 2. The van der Waals surface area contributed by atoms with E-state index in [2.05, 4.69) is 10.3 Å². The van der Waals surface area contributed by atoms with E-state index in [1.807, 2.05) is 31.2 Å². The minimum atomic E-state index is -1.19. The molecule has 2 heterocycles. The number of aromatic nitrogens is 1. The van der Waals surface area contributed by atoms with Crippen LogP contribution in [0.15, 0.2) is 40.8 Å². The van der Waals surface area contributed by atoms with E-state index in [0.717, 1.165) is 16.7 Å². The van der Waals surface area contributed by atoms with Crippen LogP contribution in [0, 0.1) is 13.8 Å². The Hall–Kier alpha value is -2.53. The summed E-state index contributed by atoms with van der Waals surface area (Å²) in [5, 5.41) is 14.4. The van der Waals surface area contributed by atoms with E-state index in [1.165, 1.54) is 0 Å². The summed E-state index contributed by atoms with van der Waals surface area (Å²) in [5.74, 6) is 1.14. The van der Waals surface area contributed by atoms with Gasteiger partial charge in [-0.2, -0.15) is 0 Å². The summed E-state index contributed by atoms with van der Waals surface area (Å²) in [5.41, 5.74) is 0.878. The lowest BCUT2D eigenvalue weighted by Gasteiger charge is -2.23. The number of aromatic amines is 1. The lowest BCUT2D eigenvalue weighted by atomic mass is 9.96. The van der Waals surface area contributed by atoms with Crippen molar-refractivity contribution in [1.82, 2.24) is 10.3 Å². The maximum atomic E-state index is 12.3. The molecule has 120 valence electrons. The number of benzene rings is 1. The Bertz CT molecular complexity index is 825. The second-order valence-electron chi connectivity index (χ2n) is 6.05. The quantitative estimate of drug-likeness (QED) is 0.693. The molecule has 3 rings (SSSR count). The molecule has 1 aromatic carbocycles. The number of hydrogen-bond donors (Lipinski definition) is 3. The molecule has 23 heavy (non-hydrogen) atoms. The topological polar surface area (TPSA) is 78.3 Å². The fourth-order valence-corrected chi connectivity index (χ4v) is 2.80. The van der Waals surface area contributed by atoms with Gasteiger partial charge in [-0.25, -0.2) is 0 Å². The number of rotatable bonds is 4. The van der Waals surface area contributed by atoms with Crippen LogP contribution in [0.1, 0.15) is 34.5 Å². The van der Waals surface area contributed by atoms with E-state index in [-0.39, 0.29) is 12.5 Å². The van der Waals surface area contributed by atoms with E-state index < -0.39 is 5.60 Å². The van der Waals surface area contributed by atoms with Gasteiger partial charge in [0.05, 0.1) is 6.54 Å². The number of carbonyl (C=O) groups excluding carboxylic acids is 1. The summed E-state index contributed by atoms with van der Waals surface area (Å²) in [7, 11) is 0. The van der Waals surface area contributed by atoms with Gasteiger partial charge in [0.2, 0.25) is 0 Å². The number of nitrogens with one attached hydrogen (secondary N) is 2. The third kappa shape index (κ3) is 3.00. The monoisotopic (exact) mass is 312 g/mol. The minimum Gasteiger partial charge on any atom is -0.466 e. The molecule has 0 aliphatic carbocycles. The maximum Gasteiger partial charge on any atom is 0.267 e. The van der Waals surface area contributed by atoms with Crippen LogP contribution in [0.5, 0.6) is 0 Å². The fraction of sp³-hybridized carbons (Fsp3) is 0.278. The standard InChI is InChI=1S/C18H20N2O3/c1-11-8-14(12(2)23-11)18(3,22)10-19-17(21)16-9-13-6-4-5-7-15(13)20-16/h4-9,20,22H,10H2,1-3H3,(H,19,21)/t18-/m1/s1. The van der Waals surface area contributed by atoms with Gasteiger partial charge >= 0.3 is 0 Å². The highest BCUT2D eigenvalue weighted by Gasteiger charge is 2.28. The van der Waals surface area contributed by atoms with E-state index in [1.54, 1.807) is 26.0 Å². The van der Waals surface area contributed by atoms with Gasteiger partial charge in [0.1, 0.15) is 22.8 Å². The molecule has 0 saturated carbocycles. The summed E-state index contributed by atoms with van der Waals surface area (Å²) >= 11 is 0. The van der Waals surface area contributed by atoms with Crippen molar-refractivity contribution in [2.45, 2.75) is 26.4 Å². The van der Waals surface area contributed by atoms with Crippen LogP contribution in [0.2, 0.25) is 0 Å². The molecule has 2 aromatic heterocycles. The van der Waals surface area contributed by atoms with Crippen molar-refractivity contribution < 1.29 is 14.3 Å². The van der Waals surface area contributed by atoms with Crippen LogP contribution in [0.3, 0.4) is 0 Å². The molecule has 0 saturated heterocycles. The van der Waals surface area contributed by atoms with E-state index >= 15 is 0 Å². The van der Waals surface area contributed by atoms with Crippen molar-refractivity contribution >= 4 is 16.8 Å². The molecule has 0 bridgehead atoms. The van der Waals surface area contributed by atoms with Crippen LogP contribution in [0.25, 0.3) is 10.9 Å². The van der Waals surface area contributed by atoms with Crippen molar-refractivity contribution in [1.29, 1.82) is 0 Å². The largest absolute Gasteiger partial charge is 0.466 e. The van der Waals surface area contributed by atoms with E-state index in [4.69, 9.17) is 4.42 Å². The molecule has 1 amide bonds. The minimum absolute atomic E-state index is 0.0982. The van der Waals surface area contributed by atoms with Gasteiger partial charge in [-0.15, -0.1) is 0 Å². The van der Waals surface area contributed by atoms with Crippen LogP contribution in [-0.2, 0) is 5.60 Å². The average Bonchev–Trinajstić information content (AvgIpc) is 3.08. The summed E-state index contributed by atoms with van der Waals surface area (Å²) in [6, 6.07) is 11.3. The molecule has 0 radical (unpaired) electrons. The first-order valence-electron chi connectivity index (χ1n) is 7.53. The first-order chi connectivity index (χ1) is 10.9.